The van der Waals surface area contributed by atoms with Crippen molar-refractivity contribution in [1.82, 2.24) is 15.5 Å². The molecule has 8 nitrogen and oxygen atoms in total. The first-order valence-corrected chi connectivity index (χ1v) is 11.7. The second-order valence-corrected chi connectivity index (χ2v) is 9.54. The molecule has 1 rings (SSSR count). The SMILES string of the molecule is CC(C)C[C@H](NC(=O)OCc1ccccc1)C(=O)N(C)CC(O)CNC(=O)[C@@H](C)CC(C)C. The van der Waals surface area contributed by atoms with Gasteiger partial charge >= 0.3 is 6.09 Å². The van der Waals surface area contributed by atoms with Crippen LogP contribution in [0.15, 0.2) is 30.3 Å². The number of benzene rings is 1. The van der Waals surface area contributed by atoms with Crippen molar-refractivity contribution in [2.24, 2.45) is 17.8 Å². The molecule has 0 radical (unpaired) electrons. The number of rotatable bonds is 13. The summed E-state index contributed by atoms with van der Waals surface area (Å²) in [6, 6.07) is 8.52. The molecule has 3 amide bonds. The molecule has 0 aliphatic heterocycles. The maximum atomic E-state index is 12.9. The Labute approximate surface area is 198 Å². The summed E-state index contributed by atoms with van der Waals surface area (Å²) in [5.41, 5.74) is 0.851. The van der Waals surface area contributed by atoms with E-state index in [1.807, 2.05) is 51.1 Å². The highest BCUT2D eigenvalue weighted by Gasteiger charge is 2.27. The predicted molar refractivity (Wildman–Crippen MR) is 128 cm³/mol. The van der Waals surface area contributed by atoms with E-state index in [4.69, 9.17) is 4.74 Å². The largest absolute Gasteiger partial charge is 0.445 e. The smallest absolute Gasteiger partial charge is 0.408 e. The van der Waals surface area contributed by atoms with E-state index in [-0.39, 0.29) is 43.3 Å². The molecule has 0 heterocycles. The number of aliphatic hydroxyl groups excluding tert-OH is 1. The highest BCUT2D eigenvalue weighted by atomic mass is 16.5. The summed E-state index contributed by atoms with van der Waals surface area (Å²) < 4.78 is 5.25. The van der Waals surface area contributed by atoms with Crippen LogP contribution in [0.2, 0.25) is 0 Å². The summed E-state index contributed by atoms with van der Waals surface area (Å²) in [6.45, 7) is 10.1. The minimum absolute atomic E-state index is 0.0347. The van der Waals surface area contributed by atoms with Gasteiger partial charge in [0.05, 0.1) is 6.10 Å². The summed E-state index contributed by atoms with van der Waals surface area (Å²) in [6.07, 6.45) is -0.385. The minimum Gasteiger partial charge on any atom is -0.445 e. The van der Waals surface area contributed by atoms with Crippen molar-refractivity contribution in [1.29, 1.82) is 0 Å². The average Bonchev–Trinajstić information content (AvgIpc) is 2.74. The van der Waals surface area contributed by atoms with Crippen LogP contribution < -0.4 is 10.6 Å². The molecule has 0 spiro atoms. The molecule has 0 fully saturated rings. The number of hydrogen-bond donors (Lipinski definition) is 3. The quantitative estimate of drug-likeness (QED) is 0.417. The minimum atomic E-state index is -0.918. The normalized spacial score (nSPS) is 13.8. The van der Waals surface area contributed by atoms with E-state index in [1.165, 1.54) is 4.90 Å². The number of nitrogens with one attached hydrogen (secondary N) is 2. The lowest BCUT2D eigenvalue weighted by atomic mass is 9.98. The van der Waals surface area contributed by atoms with Crippen LogP contribution in [-0.4, -0.2) is 60.2 Å². The molecular formula is C25H41N3O5. The summed E-state index contributed by atoms with van der Waals surface area (Å²) in [5.74, 6) is -0.00753. The van der Waals surface area contributed by atoms with Crippen LogP contribution in [0.5, 0.6) is 0 Å². The molecule has 1 aromatic rings. The van der Waals surface area contributed by atoms with E-state index < -0.39 is 18.2 Å². The van der Waals surface area contributed by atoms with Crippen molar-refractivity contribution < 1.29 is 24.2 Å². The number of carbonyl (C=O) groups is 3. The fourth-order valence-electron chi connectivity index (χ4n) is 3.54. The predicted octanol–water partition coefficient (Wildman–Crippen LogP) is 2.95. The summed E-state index contributed by atoms with van der Waals surface area (Å²) in [4.78, 5) is 38.8. The number of ether oxygens (including phenoxy) is 1. The molecule has 3 N–H and O–H groups in total. The first-order chi connectivity index (χ1) is 15.5. The zero-order valence-electron chi connectivity index (χ0n) is 20.8. The van der Waals surface area contributed by atoms with Crippen molar-refractivity contribution >= 4 is 17.9 Å². The van der Waals surface area contributed by atoms with E-state index in [1.54, 1.807) is 7.05 Å². The first-order valence-electron chi connectivity index (χ1n) is 11.7. The molecule has 0 aliphatic rings. The van der Waals surface area contributed by atoms with Crippen LogP contribution in [0.4, 0.5) is 4.79 Å². The Hall–Kier alpha value is -2.61. The first kappa shape index (κ1) is 28.4. The highest BCUT2D eigenvalue weighted by Crippen LogP contribution is 2.11. The van der Waals surface area contributed by atoms with Crippen LogP contribution in [0, 0.1) is 17.8 Å². The van der Waals surface area contributed by atoms with Crippen molar-refractivity contribution in [3.05, 3.63) is 35.9 Å². The summed E-state index contributed by atoms with van der Waals surface area (Å²) >= 11 is 0. The topological polar surface area (TPSA) is 108 Å². The van der Waals surface area contributed by atoms with Gasteiger partial charge in [0.15, 0.2) is 0 Å². The van der Waals surface area contributed by atoms with Gasteiger partial charge in [-0.1, -0.05) is 65.0 Å². The van der Waals surface area contributed by atoms with Gasteiger partial charge in [-0.25, -0.2) is 4.79 Å². The molecule has 0 saturated carbocycles. The van der Waals surface area contributed by atoms with Gasteiger partial charge in [-0.15, -0.1) is 0 Å². The Morgan fingerprint density at radius 1 is 1.00 bits per heavy atom. The van der Waals surface area contributed by atoms with Crippen molar-refractivity contribution in [2.45, 2.75) is 66.2 Å². The molecular weight excluding hydrogens is 422 g/mol. The van der Waals surface area contributed by atoms with Gasteiger partial charge in [0, 0.05) is 26.1 Å². The Morgan fingerprint density at radius 3 is 2.18 bits per heavy atom. The van der Waals surface area contributed by atoms with Gasteiger partial charge < -0.3 is 25.4 Å². The van der Waals surface area contributed by atoms with Crippen LogP contribution in [0.1, 0.15) is 53.0 Å². The average molecular weight is 464 g/mol. The fraction of sp³-hybridized carbons (Fsp3) is 0.640. The third-order valence-corrected chi connectivity index (χ3v) is 5.16. The second kappa shape index (κ2) is 14.5. The van der Waals surface area contributed by atoms with Gasteiger partial charge in [-0.05, 0) is 30.2 Å². The van der Waals surface area contributed by atoms with Crippen LogP contribution in [-0.2, 0) is 20.9 Å². The monoisotopic (exact) mass is 463 g/mol. The summed E-state index contributed by atoms with van der Waals surface area (Å²) in [5, 5.41) is 15.7. The Kier molecular flexibility index (Phi) is 12.5. The van der Waals surface area contributed by atoms with E-state index >= 15 is 0 Å². The highest BCUT2D eigenvalue weighted by molar-refractivity contribution is 5.85. The maximum absolute atomic E-state index is 12.9. The molecule has 0 bridgehead atoms. The second-order valence-electron chi connectivity index (χ2n) is 9.54. The molecule has 1 unspecified atom stereocenters. The number of carbonyl (C=O) groups excluding carboxylic acids is 3. The van der Waals surface area contributed by atoms with Crippen molar-refractivity contribution in [3.8, 4) is 0 Å². The molecule has 0 aliphatic carbocycles. The standard InChI is InChI=1S/C25H41N3O5/c1-17(2)12-19(5)23(30)26-14-21(29)15-28(6)24(31)22(13-18(3)4)27-25(32)33-16-20-10-8-7-9-11-20/h7-11,17-19,21-22,29H,12-16H2,1-6H3,(H,26,30)(H,27,32)/t19-,21?,22-/m0/s1. The molecule has 8 heteroatoms. The van der Waals surface area contributed by atoms with Gasteiger partial charge in [-0.3, -0.25) is 9.59 Å². The number of likely N-dealkylation sites (N-methyl/N-ethyl adjacent to an activating group) is 1. The molecule has 0 saturated heterocycles. The lowest BCUT2D eigenvalue weighted by Crippen LogP contribution is -2.50. The van der Waals surface area contributed by atoms with Crippen LogP contribution >= 0.6 is 0 Å². The number of hydrogen-bond acceptors (Lipinski definition) is 5. The molecule has 0 aromatic heterocycles. The van der Waals surface area contributed by atoms with Gasteiger partial charge in [0.25, 0.3) is 0 Å². The molecule has 1 aromatic carbocycles. The lowest BCUT2D eigenvalue weighted by Gasteiger charge is -2.27. The Bertz CT molecular complexity index is 739. The zero-order chi connectivity index (χ0) is 25.0. The maximum Gasteiger partial charge on any atom is 0.408 e. The fourth-order valence-corrected chi connectivity index (χ4v) is 3.54. The van der Waals surface area contributed by atoms with E-state index in [9.17, 15) is 19.5 Å². The third-order valence-electron chi connectivity index (χ3n) is 5.16. The van der Waals surface area contributed by atoms with Gasteiger partial charge in [0.2, 0.25) is 11.8 Å². The van der Waals surface area contributed by atoms with E-state index in [0.29, 0.717) is 12.3 Å². The zero-order valence-corrected chi connectivity index (χ0v) is 20.8. The Balaban J connectivity index is 2.57. The third kappa shape index (κ3) is 11.7. The number of amides is 3. The van der Waals surface area contributed by atoms with E-state index in [2.05, 4.69) is 24.5 Å². The Morgan fingerprint density at radius 2 is 1.61 bits per heavy atom. The number of aliphatic hydroxyl groups is 1. The van der Waals surface area contributed by atoms with E-state index in [0.717, 1.165) is 12.0 Å². The van der Waals surface area contributed by atoms with Crippen molar-refractivity contribution in [2.75, 3.05) is 20.1 Å². The molecule has 3 atom stereocenters. The van der Waals surface area contributed by atoms with Crippen LogP contribution in [0.3, 0.4) is 0 Å². The summed E-state index contributed by atoms with van der Waals surface area (Å²) in [7, 11) is 1.57. The lowest BCUT2D eigenvalue weighted by molar-refractivity contribution is -0.133. The van der Waals surface area contributed by atoms with Gasteiger partial charge in [0.1, 0.15) is 12.6 Å². The number of nitrogens with zero attached hydrogens (tertiary/aromatic N) is 1. The molecule has 186 valence electrons. The number of alkyl carbamates (subject to hydrolysis) is 1. The van der Waals surface area contributed by atoms with Crippen molar-refractivity contribution in [3.63, 3.8) is 0 Å². The van der Waals surface area contributed by atoms with Crippen LogP contribution in [0.25, 0.3) is 0 Å². The van der Waals surface area contributed by atoms with Gasteiger partial charge in [-0.2, -0.15) is 0 Å². The molecule has 33 heavy (non-hydrogen) atoms.